The fourth-order valence-corrected chi connectivity index (χ4v) is 3.23. The highest BCUT2D eigenvalue weighted by atomic mass is 16.5. The maximum Gasteiger partial charge on any atom is 0.320 e. The summed E-state index contributed by atoms with van der Waals surface area (Å²) in [6, 6.07) is 17.2. The van der Waals surface area contributed by atoms with E-state index in [0.717, 1.165) is 35.8 Å². The van der Waals surface area contributed by atoms with Crippen molar-refractivity contribution in [3.05, 3.63) is 72.7 Å². The molecule has 160 valence electrons. The molecule has 0 spiro atoms. The summed E-state index contributed by atoms with van der Waals surface area (Å²) in [4.78, 5) is 22.0. The summed E-state index contributed by atoms with van der Waals surface area (Å²) >= 11 is 0. The molecule has 2 amide bonds. The van der Waals surface area contributed by atoms with Gasteiger partial charge >= 0.3 is 6.03 Å². The number of amides is 2. The van der Waals surface area contributed by atoms with Crippen LogP contribution in [-0.2, 0) is 6.54 Å². The topological polar surface area (TPSA) is 88.6 Å². The number of urea groups is 1. The first kappa shape index (κ1) is 20.5. The normalized spacial score (nSPS) is 13.3. The van der Waals surface area contributed by atoms with Gasteiger partial charge in [0.15, 0.2) is 0 Å². The van der Waals surface area contributed by atoms with Crippen LogP contribution in [0.3, 0.4) is 0 Å². The van der Waals surface area contributed by atoms with Crippen LogP contribution < -0.4 is 25.0 Å². The predicted molar refractivity (Wildman–Crippen MR) is 119 cm³/mol. The van der Waals surface area contributed by atoms with Crippen molar-refractivity contribution in [2.75, 3.05) is 29.9 Å². The summed E-state index contributed by atoms with van der Waals surface area (Å²) in [6.07, 6.45) is 3.13. The van der Waals surface area contributed by atoms with Gasteiger partial charge in [0.2, 0.25) is 0 Å². The van der Waals surface area contributed by atoms with E-state index in [2.05, 4.69) is 37.6 Å². The monoisotopic (exact) mass is 419 g/mol. The Morgan fingerprint density at radius 1 is 1.06 bits per heavy atom. The van der Waals surface area contributed by atoms with Gasteiger partial charge in [0.1, 0.15) is 29.7 Å². The van der Waals surface area contributed by atoms with E-state index in [1.54, 1.807) is 12.3 Å². The molecule has 1 aliphatic heterocycles. The van der Waals surface area contributed by atoms with Gasteiger partial charge in [0.25, 0.3) is 0 Å². The van der Waals surface area contributed by atoms with E-state index < -0.39 is 0 Å². The van der Waals surface area contributed by atoms with Gasteiger partial charge in [0.05, 0.1) is 19.7 Å². The molecular formula is C23H25N5O3. The number of carbonyl (C=O) groups excluding carboxylic acids is 1. The fraction of sp³-hybridized carbons (Fsp3) is 0.261. The number of nitrogens with one attached hydrogen (secondary N) is 2. The molecule has 2 aromatic carbocycles. The van der Waals surface area contributed by atoms with Crippen molar-refractivity contribution in [3.8, 4) is 11.5 Å². The molecule has 4 rings (SSSR count). The minimum atomic E-state index is -0.306. The Morgan fingerprint density at radius 2 is 1.81 bits per heavy atom. The van der Waals surface area contributed by atoms with E-state index in [-0.39, 0.29) is 12.1 Å². The lowest BCUT2D eigenvalue weighted by Gasteiger charge is -2.40. The first-order chi connectivity index (χ1) is 15.2. The average Bonchev–Trinajstić information content (AvgIpc) is 2.77. The van der Waals surface area contributed by atoms with Crippen molar-refractivity contribution in [3.63, 3.8) is 0 Å². The minimum absolute atomic E-state index is 0.171. The Balaban J connectivity index is 1.20. The molecule has 0 unspecified atom stereocenters. The van der Waals surface area contributed by atoms with Crippen molar-refractivity contribution < 1.29 is 14.3 Å². The van der Waals surface area contributed by atoms with Gasteiger partial charge in [-0.05, 0) is 55.0 Å². The zero-order chi connectivity index (χ0) is 21.5. The van der Waals surface area contributed by atoms with Gasteiger partial charge in [-0.25, -0.2) is 14.8 Å². The molecule has 8 nitrogen and oxygen atoms in total. The summed E-state index contributed by atoms with van der Waals surface area (Å²) in [7, 11) is 0. The average molecular weight is 419 g/mol. The van der Waals surface area contributed by atoms with Gasteiger partial charge < -0.3 is 19.7 Å². The smallest absolute Gasteiger partial charge is 0.320 e. The molecular weight excluding hydrogens is 394 g/mol. The minimum Gasteiger partial charge on any atom is -0.494 e. The number of rotatable bonds is 8. The number of ether oxygens (including phenoxy) is 2. The zero-order valence-corrected chi connectivity index (χ0v) is 17.3. The number of carbonyl (C=O) groups is 1. The van der Waals surface area contributed by atoms with Crippen LogP contribution in [0.5, 0.6) is 11.5 Å². The number of aromatic nitrogens is 2. The Labute approximate surface area is 181 Å². The molecule has 1 saturated heterocycles. The van der Waals surface area contributed by atoms with Crippen molar-refractivity contribution in [1.29, 1.82) is 0 Å². The van der Waals surface area contributed by atoms with Gasteiger partial charge in [0, 0.05) is 18.4 Å². The van der Waals surface area contributed by atoms with E-state index in [0.29, 0.717) is 19.0 Å². The first-order valence-corrected chi connectivity index (χ1v) is 10.2. The van der Waals surface area contributed by atoms with Crippen LogP contribution in [0, 0.1) is 0 Å². The number of benzene rings is 2. The second-order valence-corrected chi connectivity index (χ2v) is 7.12. The SMILES string of the molecule is CCOc1ccc(OC2CN(c3ccc(CNC(=O)Nc4ccncn4)cc3)C2)cc1. The highest BCUT2D eigenvalue weighted by molar-refractivity contribution is 5.88. The largest absolute Gasteiger partial charge is 0.494 e. The van der Waals surface area contributed by atoms with Crippen LogP contribution in [0.2, 0.25) is 0 Å². The summed E-state index contributed by atoms with van der Waals surface area (Å²) in [5.41, 5.74) is 2.16. The molecule has 8 heteroatoms. The Kier molecular flexibility index (Phi) is 6.47. The van der Waals surface area contributed by atoms with Crippen molar-refractivity contribution in [2.45, 2.75) is 19.6 Å². The molecule has 0 aliphatic carbocycles. The fourth-order valence-electron chi connectivity index (χ4n) is 3.23. The summed E-state index contributed by atoms with van der Waals surface area (Å²) in [6.45, 7) is 4.73. The quantitative estimate of drug-likeness (QED) is 0.581. The number of hydrogen-bond donors (Lipinski definition) is 2. The van der Waals surface area contributed by atoms with Crippen LogP contribution in [-0.4, -0.2) is 41.8 Å². The standard InChI is InChI=1S/C23H25N5O3/c1-2-30-19-7-9-20(10-8-19)31-21-14-28(15-21)18-5-3-17(4-6-18)13-25-23(29)27-22-11-12-24-16-26-22/h3-12,16,21H,2,13-15H2,1H3,(H2,24,25,26,27,29). The first-order valence-electron chi connectivity index (χ1n) is 10.2. The van der Waals surface area contributed by atoms with E-state index in [1.807, 2.05) is 43.3 Å². The lowest BCUT2D eigenvalue weighted by atomic mass is 10.1. The van der Waals surface area contributed by atoms with Crippen LogP contribution >= 0.6 is 0 Å². The van der Waals surface area contributed by atoms with Crippen molar-refractivity contribution in [1.82, 2.24) is 15.3 Å². The maximum atomic E-state index is 11.9. The third-order valence-corrected chi connectivity index (χ3v) is 4.86. The highest BCUT2D eigenvalue weighted by Crippen LogP contribution is 2.25. The van der Waals surface area contributed by atoms with E-state index >= 15 is 0 Å². The number of anilines is 2. The molecule has 2 N–H and O–H groups in total. The molecule has 3 aromatic rings. The van der Waals surface area contributed by atoms with Gasteiger partial charge in [-0.1, -0.05) is 12.1 Å². The van der Waals surface area contributed by atoms with Crippen molar-refractivity contribution >= 4 is 17.5 Å². The van der Waals surface area contributed by atoms with Gasteiger partial charge in [-0.15, -0.1) is 0 Å². The second-order valence-electron chi connectivity index (χ2n) is 7.12. The lowest BCUT2D eigenvalue weighted by molar-refractivity contribution is 0.167. The third kappa shape index (κ3) is 5.63. The van der Waals surface area contributed by atoms with E-state index in [4.69, 9.17) is 9.47 Å². The molecule has 0 radical (unpaired) electrons. The number of nitrogens with zero attached hydrogens (tertiary/aromatic N) is 3. The summed E-state index contributed by atoms with van der Waals surface area (Å²) < 4.78 is 11.5. The molecule has 1 aromatic heterocycles. The third-order valence-electron chi connectivity index (χ3n) is 4.86. The second kappa shape index (κ2) is 9.80. The molecule has 0 saturated carbocycles. The molecule has 31 heavy (non-hydrogen) atoms. The van der Waals surface area contributed by atoms with Gasteiger partial charge in [-0.2, -0.15) is 0 Å². The molecule has 0 atom stereocenters. The van der Waals surface area contributed by atoms with Crippen LogP contribution in [0.25, 0.3) is 0 Å². The Hall–Kier alpha value is -3.81. The Morgan fingerprint density at radius 3 is 2.48 bits per heavy atom. The zero-order valence-electron chi connectivity index (χ0n) is 17.3. The predicted octanol–water partition coefficient (Wildman–Crippen LogP) is 3.46. The molecule has 1 aliphatic rings. The molecule has 2 heterocycles. The number of hydrogen-bond acceptors (Lipinski definition) is 6. The summed E-state index contributed by atoms with van der Waals surface area (Å²) in [5, 5.41) is 5.48. The molecule has 1 fully saturated rings. The van der Waals surface area contributed by atoms with E-state index in [9.17, 15) is 4.79 Å². The van der Waals surface area contributed by atoms with Crippen LogP contribution in [0.4, 0.5) is 16.3 Å². The lowest BCUT2D eigenvalue weighted by Crippen LogP contribution is -2.54. The van der Waals surface area contributed by atoms with Crippen molar-refractivity contribution in [2.24, 2.45) is 0 Å². The van der Waals surface area contributed by atoms with Crippen LogP contribution in [0.15, 0.2) is 67.1 Å². The highest BCUT2D eigenvalue weighted by Gasteiger charge is 2.28. The Bertz CT molecular complexity index is 974. The van der Waals surface area contributed by atoms with Crippen LogP contribution in [0.1, 0.15) is 12.5 Å². The summed E-state index contributed by atoms with van der Waals surface area (Å²) in [5.74, 6) is 2.17. The van der Waals surface area contributed by atoms with Gasteiger partial charge in [-0.3, -0.25) is 5.32 Å². The molecule has 0 bridgehead atoms. The van der Waals surface area contributed by atoms with E-state index in [1.165, 1.54) is 6.33 Å². The maximum absolute atomic E-state index is 11.9.